The molecule has 0 aliphatic rings. The Morgan fingerprint density at radius 2 is 2.00 bits per heavy atom. The predicted molar refractivity (Wildman–Crippen MR) is 79.5 cm³/mol. The molecule has 0 unspecified atom stereocenters. The molecule has 0 atom stereocenters. The molecule has 0 heterocycles. The third kappa shape index (κ3) is 3.68. The van der Waals surface area contributed by atoms with Crippen LogP contribution < -0.4 is 5.32 Å². The highest BCUT2D eigenvalue weighted by Gasteiger charge is 2.20. The minimum atomic E-state index is -1.03. The van der Waals surface area contributed by atoms with E-state index in [2.05, 4.69) is 21.2 Å². The molecule has 0 fully saturated rings. The highest BCUT2D eigenvalue weighted by Crippen LogP contribution is 2.30. The molecule has 0 saturated heterocycles. The molecule has 2 aromatic carbocycles. The number of hydrogen-bond acceptors (Lipinski definition) is 3. The molecule has 2 rings (SSSR count). The van der Waals surface area contributed by atoms with E-state index in [0.717, 1.165) is 4.47 Å². The zero-order valence-electron chi connectivity index (χ0n) is 10.4. The van der Waals surface area contributed by atoms with Crippen molar-refractivity contribution in [3.63, 3.8) is 0 Å². The Balaban J connectivity index is 2.32. The normalized spacial score (nSPS) is 10.5. The fraction of sp³-hybridized carbons (Fsp3) is 0.0769. The second kappa shape index (κ2) is 6.36. The summed E-state index contributed by atoms with van der Waals surface area (Å²) in [6.45, 7) is 0.0572. The number of hydrogen-bond donors (Lipinski definition) is 1. The van der Waals surface area contributed by atoms with Crippen molar-refractivity contribution in [2.24, 2.45) is 0 Å². The fourth-order valence-corrected chi connectivity index (χ4v) is 2.33. The highest BCUT2D eigenvalue weighted by molar-refractivity contribution is 9.10. The Morgan fingerprint density at radius 3 is 2.67 bits per heavy atom. The number of nitro groups is 1. The minimum Gasteiger partial charge on any atom is -0.373 e. The van der Waals surface area contributed by atoms with Crippen LogP contribution in [0.4, 0.5) is 20.2 Å². The number of nitrogens with zero attached hydrogens (tertiary/aromatic N) is 1. The van der Waals surface area contributed by atoms with E-state index in [9.17, 15) is 18.9 Å². The van der Waals surface area contributed by atoms with Crippen LogP contribution in [-0.4, -0.2) is 4.92 Å². The van der Waals surface area contributed by atoms with E-state index in [1.807, 2.05) is 0 Å². The van der Waals surface area contributed by atoms with Gasteiger partial charge in [-0.3, -0.25) is 10.1 Å². The van der Waals surface area contributed by atoms with Crippen LogP contribution in [0.25, 0.3) is 0 Å². The van der Waals surface area contributed by atoms with E-state index in [4.69, 9.17) is 11.6 Å². The Hall–Kier alpha value is -1.73. The first-order chi connectivity index (χ1) is 9.88. The molecular formula is C13H8BrClF2N2O2. The molecule has 8 heteroatoms. The maximum atomic E-state index is 13.7. The quantitative estimate of drug-likeness (QED) is 0.609. The summed E-state index contributed by atoms with van der Waals surface area (Å²) in [7, 11) is 0. The van der Waals surface area contributed by atoms with Crippen LogP contribution in [0, 0.1) is 21.7 Å². The predicted octanol–water partition coefficient (Wildman–Crippen LogP) is 4.90. The summed E-state index contributed by atoms with van der Waals surface area (Å²) in [6.07, 6.45) is 0. The minimum absolute atomic E-state index is 0.0572. The SMILES string of the molecule is O=[N+]([O-])c1cc(F)cc(F)c1NCc1cc(Br)ccc1Cl. The lowest BCUT2D eigenvalue weighted by molar-refractivity contribution is -0.384. The Kier molecular flexibility index (Phi) is 4.74. The van der Waals surface area contributed by atoms with Crippen molar-refractivity contribution >= 4 is 38.9 Å². The first-order valence-electron chi connectivity index (χ1n) is 5.69. The summed E-state index contributed by atoms with van der Waals surface area (Å²) >= 11 is 9.25. The molecule has 2 aromatic rings. The second-order valence-electron chi connectivity index (χ2n) is 4.13. The second-order valence-corrected chi connectivity index (χ2v) is 5.45. The third-order valence-corrected chi connectivity index (χ3v) is 3.56. The first kappa shape index (κ1) is 15.7. The van der Waals surface area contributed by atoms with Gasteiger partial charge in [-0.15, -0.1) is 0 Å². The lowest BCUT2D eigenvalue weighted by Crippen LogP contribution is -2.06. The molecule has 110 valence electrons. The van der Waals surface area contributed by atoms with E-state index in [-0.39, 0.29) is 12.2 Å². The lowest BCUT2D eigenvalue weighted by Gasteiger charge is -2.10. The number of benzene rings is 2. The maximum absolute atomic E-state index is 13.7. The van der Waals surface area contributed by atoms with Crippen molar-refractivity contribution in [3.05, 3.63) is 67.1 Å². The number of rotatable bonds is 4. The molecular weight excluding hydrogens is 370 g/mol. The van der Waals surface area contributed by atoms with Gasteiger partial charge in [0.05, 0.1) is 11.0 Å². The number of anilines is 1. The van der Waals surface area contributed by atoms with Gasteiger partial charge in [0.2, 0.25) is 0 Å². The summed E-state index contributed by atoms with van der Waals surface area (Å²) in [5.74, 6) is -2.04. The first-order valence-corrected chi connectivity index (χ1v) is 6.87. The van der Waals surface area contributed by atoms with Gasteiger partial charge in [0, 0.05) is 22.1 Å². The molecule has 0 bridgehead atoms. The van der Waals surface area contributed by atoms with Crippen molar-refractivity contribution < 1.29 is 13.7 Å². The zero-order valence-corrected chi connectivity index (χ0v) is 12.7. The zero-order chi connectivity index (χ0) is 15.6. The molecule has 0 amide bonds. The molecule has 0 aliphatic carbocycles. The molecule has 0 saturated carbocycles. The summed E-state index contributed by atoms with van der Waals surface area (Å²) in [6, 6.07) is 6.30. The smallest absolute Gasteiger partial charge is 0.298 e. The molecule has 0 aliphatic heterocycles. The molecule has 0 radical (unpaired) electrons. The largest absolute Gasteiger partial charge is 0.373 e. The molecule has 0 aromatic heterocycles. The van der Waals surface area contributed by atoms with E-state index < -0.39 is 22.2 Å². The van der Waals surface area contributed by atoms with Crippen molar-refractivity contribution in [2.45, 2.75) is 6.54 Å². The van der Waals surface area contributed by atoms with Crippen LogP contribution >= 0.6 is 27.5 Å². The topological polar surface area (TPSA) is 55.2 Å². The lowest BCUT2D eigenvalue weighted by atomic mass is 10.2. The van der Waals surface area contributed by atoms with Crippen LogP contribution in [0.2, 0.25) is 5.02 Å². The third-order valence-electron chi connectivity index (χ3n) is 2.69. The van der Waals surface area contributed by atoms with Gasteiger partial charge in [-0.1, -0.05) is 27.5 Å². The van der Waals surface area contributed by atoms with Gasteiger partial charge in [0.1, 0.15) is 11.5 Å². The molecule has 21 heavy (non-hydrogen) atoms. The van der Waals surface area contributed by atoms with Gasteiger partial charge in [0.15, 0.2) is 5.82 Å². The summed E-state index contributed by atoms with van der Waals surface area (Å²) in [4.78, 5) is 10.0. The average Bonchev–Trinajstić information content (AvgIpc) is 2.40. The van der Waals surface area contributed by atoms with Gasteiger partial charge in [-0.2, -0.15) is 0 Å². The summed E-state index contributed by atoms with van der Waals surface area (Å²) in [5, 5.41) is 13.9. The summed E-state index contributed by atoms with van der Waals surface area (Å²) < 4.78 is 27.5. The Morgan fingerprint density at radius 1 is 1.29 bits per heavy atom. The van der Waals surface area contributed by atoms with Crippen LogP contribution in [0.1, 0.15) is 5.56 Å². The van der Waals surface area contributed by atoms with Gasteiger partial charge in [-0.05, 0) is 23.8 Å². The number of nitrogens with one attached hydrogen (secondary N) is 1. The van der Waals surface area contributed by atoms with E-state index in [1.54, 1.807) is 18.2 Å². The van der Waals surface area contributed by atoms with Crippen molar-refractivity contribution in [1.29, 1.82) is 0 Å². The summed E-state index contributed by atoms with van der Waals surface area (Å²) in [5.41, 5.74) is -0.430. The highest BCUT2D eigenvalue weighted by atomic mass is 79.9. The van der Waals surface area contributed by atoms with E-state index >= 15 is 0 Å². The van der Waals surface area contributed by atoms with E-state index in [1.165, 1.54) is 0 Å². The standard InChI is InChI=1S/C13H8BrClF2N2O2/c14-8-1-2-10(15)7(3-8)6-18-13-11(17)4-9(16)5-12(13)19(20)21/h1-5,18H,6H2. The Bertz CT molecular complexity index is 713. The van der Waals surface area contributed by atoms with Gasteiger partial charge < -0.3 is 5.32 Å². The van der Waals surface area contributed by atoms with Crippen LogP contribution in [-0.2, 0) is 6.54 Å². The fourth-order valence-electron chi connectivity index (χ4n) is 1.74. The average molecular weight is 378 g/mol. The maximum Gasteiger partial charge on any atom is 0.298 e. The van der Waals surface area contributed by atoms with Crippen LogP contribution in [0.15, 0.2) is 34.8 Å². The van der Waals surface area contributed by atoms with E-state index in [0.29, 0.717) is 22.7 Å². The van der Waals surface area contributed by atoms with Crippen LogP contribution in [0.3, 0.4) is 0 Å². The molecule has 0 spiro atoms. The monoisotopic (exact) mass is 376 g/mol. The van der Waals surface area contributed by atoms with Crippen LogP contribution in [0.5, 0.6) is 0 Å². The van der Waals surface area contributed by atoms with Gasteiger partial charge in [0.25, 0.3) is 5.69 Å². The van der Waals surface area contributed by atoms with Gasteiger partial charge >= 0.3 is 0 Å². The number of halogens is 4. The van der Waals surface area contributed by atoms with Crippen molar-refractivity contribution in [3.8, 4) is 0 Å². The Labute approximate surface area is 132 Å². The molecule has 1 N–H and O–H groups in total. The van der Waals surface area contributed by atoms with Crippen molar-refractivity contribution in [2.75, 3.05) is 5.32 Å². The molecule has 4 nitrogen and oxygen atoms in total. The van der Waals surface area contributed by atoms with Crippen molar-refractivity contribution in [1.82, 2.24) is 0 Å². The van der Waals surface area contributed by atoms with Gasteiger partial charge in [-0.25, -0.2) is 8.78 Å². The number of nitro benzene ring substituents is 1.